The molecule has 232 valence electrons. The SMILES string of the molecule is C=C/N=c1/cc(Oc2ccc(Nc3ncnc4cc5c(cc34)N3CCN(C(=O)/C=C/CN(C)C)C(CO5)C3)cc2C)ccn1C. The van der Waals surface area contributed by atoms with Crippen molar-refractivity contribution < 1.29 is 14.3 Å². The van der Waals surface area contributed by atoms with Crippen molar-refractivity contribution in [3.8, 4) is 17.2 Å². The number of nitrogens with zero attached hydrogens (tertiary/aromatic N) is 7. The van der Waals surface area contributed by atoms with E-state index in [2.05, 4.69) is 37.8 Å². The number of fused-ring (bicyclic) bond motifs is 5. The molecular weight excluding hydrogens is 568 g/mol. The fourth-order valence-electron chi connectivity index (χ4n) is 5.62. The molecule has 1 fully saturated rings. The fraction of sp³-hybridized carbons (Fsp3) is 0.294. The molecule has 11 nitrogen and oxygen atoms in total. The molecule has 0 spiro atoms. The topological polar surface area (TPSA) is 100 Å². The van der Waals surface area contributed by atoms with E-state index >= 15 is 0 Å². The first-order valence-corrected chi connectivity index (χ1v) is 14.9. The number of aromatic nitrogens is 3. The number of hydrogen-bond donors (Lipinski definition) is 1. The van der Waals surface area contributed by atoms with E-state index in [4.69, 9.17) is 9.47 Å². The monoisotopic (exact) mass is 606 g/mol. The minimum atomic E-state index is -0.0419. The largest absolute Gasteiger partial charge is 0.489 e. The number of hydrogen-bond acceptors (Lipinski definition) is 9. The van der Waals surface area contributed by atoms with Gasteiger partial charge in [-0.3, -0.25) is 4.79 Å². The van der Waals surface area contributed by atoms with Crippen molar-refractivity contribution in [3.63, 3.8) is 0 Å². The summed E-state index contributed by atoms with van der Waals surface area (Å²) in [5.41, 5.74) is 4.35. The maximum atomic E-state index is 13.0. The van der Waals surface area contributed by atoms with Gasteiger partial charge in [0.05, 0.1) is 17.2 Å². The molecule has 0 radical (unpaired) electrons. The van der Waals surface area contributed by atoms with E-state index in [-0.39, 0.29) is 11.9 Å². The Bertz CT molecular complexity index is 1850. The summed E-state index contributed by atoms with van der Waals surface area (Å²) in [6, 6.07) is 13.7. The molecule has 45 heavy (non-hydrogen) atoms. The highest BCUT2D eigenvalue weighted by Gasteiger charge is 2.34. The van der Waals surface area contributed by atoms with E-state index in [0.717, 1.165) is 51.4 Å². The Morgan fingerprint density at radius 2 is 2.07 bits per heavy atom. The predicted octanol–water partition coefficient (Wildman–Crippen LogP) is 4.38. The molecule has 2 aliphatic heterocycles. The fourth-order valence-corrected chi connectivity index (χ4v) is 5.62. The van der Waals surface area contributed by atoms with E-state index in [1.807, 2.05) is 91.1 Å². The Morgan fingerprint density at radius 3 is 2.87 bits per heavy atom. The zero-order valence-corrected chi connectivity index (χ0v) is 26.1. The molecule has 11 heteroatoms. The number of amides is 1. The lowest BCUT2D eigenvalue weighted by Crippen LogP contribution is -2.56. The second kappa shape index (κ2) is 12.8. The molecule has 1 unspecified atom stereocenters. The predicted molar refractivity (Wildman–Crippen MR) is 176 cm³/mol. The molecular formula is C34H38N8O3. The van der Waals surface area contributed by atoms with E-state index in [1.165, 1.54) is 6.20 Å². The third-order valence-corrected chi connectivity index (χ3v) is 7.97. The number of pyridine rings is 1. The minimum absolute atomic E-state index is 0.0242. The van der Waals surface area contributed by atoms with Crippen LogP contribution in [0.15, 0.2) is 84.9 Å². The molecule has 4 heterocycles. The van der Waals surface area contributed by atoms with Crippen LogP contribution in [0.4, 0.5) is 17.2 Å². The number of ether oxygens (including phenoxy) is 2. The van der Waals surface area contributed by atoms with Crippen LogP contribution in [-0.4, -0.2) is 83.2 Å². The van der Waals surface area contributed by atoms with Gasteiger partial charge in [0.2, 0.25) is 5.91 Å². The Labute approximate surface area is 262 Å². The lowest BCUT2D eigenvalue weighted by atomic mass is 10.1. The summed E-state index contributed by atoms with van der Waals surface area (Å²) >= 11 is 0. The molecule has 4 aromatic rings. The maximum absolute atomic E-state index is 13.0. The van der Waals surface area contributed by atoms with Crippen molar-refractivity contribution in [2.24, 2.45) is 12.0 Å². The second-order valence-electron chi connectivity index (χ2n) is 11.5. The zero-order valence-electron chi connectivity index (χ0n) is 26.1. The number of piperazine rings is 1. The van der Waals surface area contributed by atoms with E-state index in [0.29, 0.717) is 37.8 Å². The van der Waals surface area contributed by atoms with Gasteiger partial charge in [-0.15, -0.1) is 0 Å². The van der Waals surface area contributed by atoms with Gasteiger partial charge in [0.15, 0.2) is 0 Å². The average molecular weight is 607 g/mol. The molecule has 1 N–H and O–H groups in total. The summed E-state index contributed by atoms with van der Waals surface area (Å²) in [6.07, 6.45) is 8.55. The summed E-state index contributed by atoms with van der Waals surface area (Å²) in [6.45, 7) is 8.89. The highest BCUT2D eigenvalue weighted by molar-refractivity contribution is 5.95. The lowest BCUT2D eigenvalue weighted by molar-refractivity contribution is -0.129. The number of likely N-dealkylation sites (N-methyl/N-ethyl adjacent to an activating group) is 1. The highest BCUT2D eigenvalue weighted by atomic mass is 16.5. The van der Waals surface area contributed by atoms with Gasteiger partial charge < -0.3 is 34.1 Å². The molecule has 2 aromatic carbocycles. The summed E-state index contributed by atoms with van der Waals surface area (Å²) < 4.78 is 14.4. The minimum Gasteiger partial charge on any atom is -0.489 e. The number of nitrogens with one attached hydrogen (secondary N) is 1. The molecule has 0 saturated carbocycles. The number of rotatable bonds is 8. The van der Waals surface area contributed by atoms with Crippen LogP contribution in [0.5, 0.6) is 17.2 Å². The molecule has 1 amide bonds. The van der Waals surface area contributed by atoms with Crippen molar-refractivity contribution in [2.45, 2.75) is 13.0 Å². The number of aryl methyl sites for hydroxylation is 2. The molecule has 6 rings (SSSR count). The molecule has 1 atom stereocenters. The Morgan fingerprint density at radius 1 is 1.20 bits per heavy atom. The molecule has 2 aliphatic rings. The zero-order chi connectivity index (χ0) is 31.5. The first-order chi connectivity index (χ1) is 21.8. The first-order valence-electron chi connectivity index (χ1n) is 14.9. The van der Waals surface area contributed by atoms with Crippen LogP contribution in [0.1, 0.15) is 5.56 Å². The molecule has 2 aromatic heterocycles. The third-order valence-electron chi connectivity index (χ3n) is 7.97. The summed E-state index contributed by atoms with van der Waals surface area (Å²) in [7, 11) is 5.89. The second-order valence-corrected chi connectivity index (χ2v) is 11.5. The van der Waals surface area contributed by atoms with Crippen LogP contribution in [0.2, 0.25) is 0 Å². The Hall–Kier alpha value is -5.16. The Kier molecular flexibility index (Phi) is 8.52. The van der Waals surface area contributed by atoms with Gasteiger partial charge in [-0.1, -0.05) is 12.7 Å². The quantitative estimate of drug-likeness (QED) is 0.295. The van der Waals surface area contributed by atoms with Gasteiger partial charge in [0.1, 0.15) is 41.5 Å². The number of carbonyl (C=O) groups is 1. The number of carbonyl (C=O) groups excluding carboxylic acids is 1. The van der Waals surface area contributed by atoms with Gasteiger partial charge in [0, 0.05) is 74.9 Å². The smallest absolute Gasteiger partial charge is 0.246 e. The van der Waals surface area contributed by atoms with Crippen molar-refractivity contribution in [1.29, 1.82) is 0 Å². The van der Waals surface area contributed by atoms with Crippen molar-refractivity contribution >= 4 is 34.0 Å². The van der Waals surface area contributed by atoms with E-state index in [1.54, 1.807) is 12.4 Å². The molecule has 1 saturated heterocycles. The average Bonchev–Trinajstić information content (AvgIpc) is 3.15. The first kappa shape index (κ1) is 29.9. The summed E-state index contributed by atoms with van der Waals surface area (Å²) in [5.74, 6) is 2.92. The summed E-state index contributed by atoms with van der Waals surface area (Å²) in [4.78, 5) is 32.6. The van der Waals surface area contributed by atoms with E-state index < -0.39 is 0 Å². The van der Waals surface area contributed by atoms with E-state index in [9.17, 15) is 4.79 Å². The number of benzene rings is 2. The molecule has 2 bridgehead atoms. The van der Waals surface area contributed by atoms with Crippen LogP contribution in [0.3, 0.4) is 0 Å². The van der Waals surface area contributed by atoms with Crippen LogP contribution in [0.25, 0.3) is 10.9 Å². The van der Waals surface area contributed by atoms with Gasteiger partial charge in [-0.05, 0) is 56.9 Å². The van der Waals surface area contributed by atoms with Gasteiger partial charge in [-0.25, -0.2) is 15.0 Å². The van der Waals surface area contributed by atoms with Crippen LogP contribution in [0, 0.1) is 6.92 Å². The van der Waals surface area contributed by atoms with Gasteiger partial charge in [0.25, 0.3) is 0 Å². The Balaban J connectivity index is 1.21. The normalized spacial score (nSPS) is 16.5. The van der Waals surface area contributed by atoms with Crippen LogP contribution < -0.4 is 25.2 Å². The van der Waals surface area contributed by atoms with Gasteiger partial charge in [-0.2, -0.15) is 0 Å². The van der Waals surface area contributed by atoms with Gasteiger partial charge >= 0.3 is 0 Å². The maximum Gasteiger partial charge on any atom is 0.246 e. The third kappa shape index (κ3) is 6.53. The molecule has 0 aliphatic carbocycles. The van der Waals surface area contributed by atoms with Crippen molar-refractivity contribution in [3.05, 3.63) is 91.0 Å². The lowest BCUT2D eigenvalue weighted by Gasteiger charge is -2.39. The van der Waals surface area contributed by atoms with Crippen LogP contribution >= 0.6 is 0 Å². The van der Waals surface area contributed by atoms with Crippen molar-refractivity contribution in [2.75, 3.05) is 57.1 Å². The van der Waals surface area contributed by atoms with Crippen molar-refractivity contribution in [1.82, 2.24) is 24.3 Å². The number of anilines is 3. The highest BCUT2D eigenvalue weighted by Crippen LogP contribution is 2.39. The van der Waals surface area contributed by atoms with Crippen LogP contribution in [-0.2, 0) is 11.8 Å². The summed E-state index contributed by atoms with van der Waals surface area (Å²) in [5, 5.41) is 4.37. The standard InChI is InChI=1S/C34H38N8O3/c1-6-35-32-17-26(11-13-40(32)5)45-30-10-9-24(16-23(30)2)38-34-27-18-29-31(19-28(27)36-22-37-34)44-21-25-20-41(29)14-15-42(25)33(43)8-7-12-39(3)4/h6-11,13,16-19,22,25H,1,12,14-15,20-21H2,2-5H3,(H,36,37,38)/b8-7+,35-32-.